The summed E-state index contributed by atoms with van der Waals surface area (Å²) < 4.78 is 0. The van der Waals surface area contributed by atoms with Gasteiger partial charge >= 0.3 is 0 Å². The Labute approximate surface area is 729 Å². The number of ketones is 1. The molecule has 0 spiro atoms. The van der Waals surface area contributed by atoms with Gasteiger partial charge in [0.05, 0.1) is 19.5 Å². The number of aromatic amines is 1. The van der Waals surface area contributed by atoms with Crippen LogP contribution in [0.25, 0.3) is 0 Å². The maximum atomic E-state index is 14.9. The van der Waals surface area contributed by atoms with Gasteiger partial charge in [0, 0.05) is 50.4 Å². The highest BCUT2D eigenvalue weighted by Crippen LogP contribution is 2.20. The van der Waals surface area contributed by atoms with Gasteiger partial charge in [-0.15, -0.1) is 0 Å². The number of imidazole rings is 1. The second-order valence-corrected chi connectivity index (χ2v) is 33.8. The number of rotatable bonds is 60. The van der Waals surface area contributed by atoms with Crippen LogP contribution in [0.4, 0.5) is 0 Å². The maximum Gasteiger partial charge on any atom is 0.245 e. The van der Waals surface area contributed by atoms with Crippen molar-refractivity contribution in [3.8, 4) is 5.75 Å². The van der Waals surface area contributed by atoms with Gasteiger partial charge in [-0.25, -0.2) is 4.98 Å². The molecule has 1 aromatic heterocycles. The van der Waals surface area contributed by atoms with E-state index < -0.39 is 162 Å². The zero-order chi connectivity index (χ0) is 90.2. The van der Waals surface area contributed by atoms with Crippen molar-refractivity contribution < 1.29 is 77.6 Å². The summed E-state index contributed by atoms with van der Waals surface area (Å²) in [6.07, 6.45) is 20.8. The van der Waals surface area contributed by atoms with Crippen molar-refractivity contribution in [1.82, 2.24) is 73.8 Å². The molecule has 5 aromatic rings. The SMILES string of the molecule is CCCCCCCCCCCCCCCCC(=O)N[C@@H](Cc1ccc(O)cc1)C(=O)N[C@@H](CC(C)C)C(=O)N[C@@H](Cc1cnc[nH]1)C(=O)N[C@@H](CO)C(=O)N[C@@H](CC(C)C)C(=O)N[C@H](C(=O)N[C@@H](Cc1ccccc1)C(=O)N[C@@H](CCSC)C(=O)N[C@@H](C)C(=O)N[C@@H](Cc1ccccc1)C(=O)N[C@@H](Cc1ccccc1)C(=O)N[C@@H](CO)C(C)=O)[C@@H](C)CC. The van der Waals surface area contributed by atoms with Crippen molar-refractivity contribution >= 4 is 88.4 Å². The monoisotopic (exact) mass is 1720 g/mol. The number of nitrogens with one attached hydrogen (secondary N) is 13. The fourth-order valence-electron chi connectivity index (χ4n) is 14.0. The van der Waals surface area contributed by atoms with Crippen LogP contribution in [-0.4, -0.2) is 200 Å². The van der Waals surface area contributed by atoms with Gasteiger partial charge in [0.15, 0.2) is 5.78 Å². The number of phenols is 1. The summed E-state index contributed by atoms with van der Waals surface area (Å²) in [6, 6.07) is 16.0. The van der Waals surface area contributed by atoms with Crippen LogP contribution in [-0.2, 0) is 94.4 Å². The fourth-order valence-corrected chi connectivity index (χ4v) is 14.5. The highest BCUT2D eigenvalue weighted by molar-refractivity contribution is 7.98. The normalized spacial score (nSPS) is 14.5. The number of thioether (sulfide) groups is 1. The van der Waals surface area contributed by atoms with Crippen molar-refractivity contribution in [3.05, 3.63) is 156 Å². The first-order chi connectivity index (χ1) is 58.9. The molecule has 0 aliphatic rings. The molecule has 1 heterocycles. The van der Waals surface area contributed by atoms with Gasteiger partial charge in [-0.3, -0.25) is 62.3 Å². The smallest absolute Gasteiger partial charge is 0.245 e. The number of amides is 12. The Morgan fingerprint density at radius 1 is 0.382 bits per heavy atom. The number of aliphatic hydroxyl groups excluding tert-OH is 2. The van der Waals surface area contributed by atoms with Crippen molar-refractivity contribution in [3.63, 3.8) is 0 Å². The van der Waals surface area contributed by atoms with E-state index in [4.69, 9.17) is 0 Å². The standard InChI is InChI=1S/C92H136N14O16S/c1-11-13-14-15-16-17-18-19-20-21-22-23-24-34-41-80(111)96-73(53-67-42-44-69(110)45-43-67)85(115)99-71(48-59(3)4)84(114)102-77(54-68-55-93-58-94-68)89(119)105-79(57-108)91(121)100-72(49-60(5)6)90(120)106-81(61(7)12-2)92(122)103-76(52-66-39-32-27-33-40-66)86(116)97-70(46-47-123-10)83(113)95-62(8)82(112)98-74(50-64-35-28-25-29-36-64)87(117)101-75(51-65-37-30-26-31-38-65)88(118)104-78(56-107)63(9)109/h25-33,35-40,42-45,55,58-62,70-79,81,107-108,110H,11-24,34,41,46-54,56-57H2,1-10H3,(H,93,94)(H,95,113)(H,96,111)(H,97,116)(H,98,112)(H,99,115)(H,100,121)(H,101,117)(H,102,114)(H,103,122)(H,104,118)(H,105,119)(H,106,120)/t61-,62-,70-,71-,72-,73-,74-,75-,76-,77-,78-,79-,81-/m0/s1. The fraction of sp³-hybridized carbons (Fsp3) is 0.565. The number of carbonyl (C=O) groups excluding carboxylic acids is 13. The van der Waals surface area contributed by atoms with E-state index in [1.165, 1.54) is 108 Å². The second kappa shape index (κ2) is 57.0. The number of hydrogen-bond acceptors (Lipinski definition) is 18. The number of H-pyrrole nitrogens is 1. The third kappa shape index (κ3) is 39.3. The van der Waals surface area contributed by atoms with E-state index >= 15 is 0 Å². The molecule has 0 radical (unpaired) electrons. The molecule has 0 aliphatic heterocycles. The molecule has 0 unspecified atom stereocenters. The zero-order valence-corrected chi connectivity index (χ0v) is 74.2. The molecule has 0 saturated carbocycles. The van der Waals surface area contributed by atoms with E-state index in [1.54, 1.807) is 137 Å². The molecule has 12 amide bonds. The third-order valence-corrected chi connectivity index (χ3v) is 22.1. The number of unbranched alkanes of at least 4 members (excludes halogenated alkanes) is 13. The topological polar surface area (TPSA) is 456 Å². The van der Waals surface area contributed by atoms with Crippen LogP contribution in [0.1, 0.15) is 212 Å². The summed E-state index contributed by atoms with van der Waals surface area (Å²) in [5, 5.41) is 63.5. The summed E-state index contributed by atoms with van der Waals surface area (Å²) in [6.45, 7) is 13.8. The lowest BCUT2D eigenvalue weighted by Crippen LogP contribution is -2.62. The number of phenolic OH excluding ortho intramolecular Hbond substituents is 1. The lowest BCUT2D eigenvalue weighted by molar-refractivity contribution is -0.137. The number of carbonyl (C=O) groups is 13. The quantitative estimate of drug-likeness (QED) is 0.0178. The van der Waals surface area contributed by atoms with Gasteiger partial charge < -0.3 is 84.1 Å². The molecule has 676 valence electrons. The minimum Gasteiger partial charge on any atom is -0.508 e. The molecular weight excluding hydrogens is 1590 g/mol. The first kappa shape index (κ1) is 103. The van der Waals surface area contributed by atoms with Gasteiger partial charge in [0.25, 0.3) is 0 Å². The Morgan fingerprint density at radius 3 is 1.14 bits per heavy atom. The summed E-state index contributed by atoms with van der Waals surface area (Å²) in [7, 11) is 0. The summed E-state index contributed by atoms with van der Waals surface area (Å²) in [5.74, 6) is -10.7. The van der Waals surface area contributed by atoms with Crippen LogP contribution in [0.15, 0.2) is 128 Å². The number of Topliss-reactive ketones (excluding diaryl/α,β-unsaturated/α-hetero) is 1. The Hall–Kier alpha value is -10.5. The molecule has 0 fully saturated rings. The van der Waals surface area contributed by atoms with Crippen molar-refractivity contribution in [1.29, 1.82) is 0 Å². The third-order valence-electron chi connectivity index (χ3n) is 21.4. The maximum absolute atomic E-state index is 14.9. The Kier molecular flexibility index (Phi) is 47.8. The van der Waals surface area contributed by atoms with Crippen LogP contribution in [0.2, 0.25) is 0 Å². The number of hydrogen-bond donors (Lipinski definition) is 16. The number of aromatic hydroxyl groups is 1. The predicted molar refractivity (Wildman–Crippen MR) is 475 cm³/mol. The van der Waals surface area contributed by atoms with E-state index in [0.29, 0.717) is 46.5 Å². The number of benzene rings is 4. The molecule has 16 N–H and O–H groups in total. The number of nitrogens with zero attached hydrogens (tertiary/aromatic N) is 1. The zero-order valence-electron chi connectivity index (χ0n) is 73.4. The number of aliphatic hydroxyl groups is 2. The molecule has 30 nitrogen and oxygen atoms in total. The van der Waals surface area contributed by atoms with Crippen molar-refractivity contribution in [2.75, 3.05) is 25.2 Å². The van der Waals surface area contributed by atoms with Crippen LogP contribution in [0.3, 0.4) is 0 Å². The van der Waals surface area contributed by atoms with Gasteiger partial charge in [0.1, 0.15) is 78.3 Å². The molecule has 0 bridgehead atoms. The van der Waals surface area contributed by atoms with Crippen LogP contribution < -0.4 is 63.8 Å². The lowest BCUT2D eigenvalue weighted by atomic mass is 9.95. The molecule has 13 atom stereocenters. The van der Waals surface area contributed by atoms with E-state index in [9.17, 15) is 77.6 Å². The van der Waals surface area contributed by atoms with Crippen molar-refractivity contribution in [2.24, 2.45) is 17.8 Å². The van der Waals surface area contributed by atoms with E-state index in [2.05, 4.69) is 80.7 Å². The summed E-state index contributed by atoms with van der Waals surface area (Å²) >= 11 is 1.37. The molecule has 123 heavy (non-hydrogen) atoms. The minimum absolute atomic E-state index is 0.00458. The highest BCUT2D eigenvalue weighted by Gasteiger charge is 2.39. The van der Waals surface area contributed by atoms with Gasteiger partial charge in [-0.05, 0) is 104 Å². The van der Waals surface area contributed by atoms with Crippen LogP contribution in [0.5, 0.6) is 5.75 Å². The molecule has 4 aromatic carbocycles. The molecule has 0 aliphatic carbocycles. The van der Waals surface area contributed by atoms with Gasteiger partial charge in [0.2, 0.25) is 70.9 Å². The van der Waals surface area contributed by atoms with Crippen LogP contribution >= 0.6 is 11.8 Å². The lowest BCUT2D eigenvalue weighted by Gasteiger charge is -2.30. The first-order valence-corrected chi connectivity index (χ1v) is 45.1. The highest BCUT2D eigenvalue weighted by atomic mass is 32.2. The summed E-state index contributed by atoms with van der Waals surface area (Å²) in [5.41, 5.74) is 2.89. The van der Waals surface area contributed by atoms with E-state index in [-0.39, 0.29) is 81.3 Å². The Bertz CT molecular complexity index is 4050. The Balaban J connectivity index is 1.30. The van der Waals surface area contributed by atoms with Gasteiger partial charge in [-0.2, -0.15) is 11.8 Å². The van der Waals surface area contributed by atoms with Crippen molar-refractivity contribution in [2.45, 2.75) is 289 Å². The molecule has 31 heteroatoms. The van der Waals surface area contributed by atoms with E-state index in [0.717, 1.165) is 25.7 Å². The van der Waals surface area contributed by atoms with E-state index in [1.807, 2.05) is 13.8 Å². The molecule has 5 rings (SSSR count). The first-order valence-electron chi connectivity index (χ1n) is 43.7. The molecule has 0 saturated heterocycles. The number of aromatic nitrogens is 2. The average Bonchev–Trinajstić information content (AvgIpc) is 1.65. The molecular formula is C92H136N14O16S. The summed E-state index contributed by atoms with van der Waals surface area (Å²) in [4.78, 5) is 193. The largest absolute Gasteiger partial charge is 0.508 e. The van der Waals surface area contributed by atoms with Crippen LogP contribution in [0, 0.1) is 17.8 Å². The minimum atomic E-state index is -1.74. The predicted octanol–water partition coefficient (Wildman–Crippen LogP) is 6.80. The second-order valence-electron chi connectivity index (χ2n) is 32.9. The average molecular weight is 1730 g/mol. The Morgan fingerprint density at radius 2 is 0.732 bits per heavy atom. The van der Waals surface area contributed by atoms with Gasteiger partial charge in [-0.1, -0.05) is 241 Å².